The average molecular weight is 411 g/mol. The van der Waals surface area contributed by atoms with Crippen LogP contribution in [-0.2, 0) is 14.3 Å². The van der Waals surface area contributed by atoms with Crippen molar-refractivity contribution in [3.05, 3.63) is 0 Å². The maximum absolute atomic E-state index is 12.7. The van der Waals surface area contributed by atoms with Gasteiger partial charge in [-0.2, -0.15) is 0 Å². The van der Waals surface area contributed by atoms with Crippen LogP contribution in [0.2, 0.25) is 0 Å². The van der Waals surface area contributed by atoms with E-state index in [4.69, 9.17) is 4.74 Å². The molecule has 0 amide bonds. The molecule has 0 aromatic heterocycles. The Balaban J connectivity index is 2.44. The van der Waals surface area contributed by atoms with Crippen molar-refractivity contribution in [2.24, 2.45) is 23.7 Å². The highest BCUT2D eigenvalue weighted by molar-refractivity contribution is 5.75. The molecule has 0 aliphatic heterocycles. The third-order valence-electron chi connectivity index (χ3n) is 6.25. The Morgan fingerprint density at radius 1 is 0.793 bits per heavy atom. The second-order valence-corrected chi connectivity index (χ2v) is 10.0. The van der Waals surface area contributed by atoms with Gasteiger partial charge in [-0.1, -0.05) is 72.6 Å². The van der Waals surface area contributed by atoms with E-state index in [1.807, 2.05) is 0 Å². The summed E-state index contributed by atoms with van der Waals surface area (Å²) in [5, 5.41) is 9.28. The lowest BCUT2D eigenvalue weighted by Gasteiger charge is -2.27. The van der Waals surface area contributed by atoms with E-state index in [9.17, 15) is 14.7 Å². The molecule has 0 aromatic carbocycles. The van der Waals surface area contributed by atoms with E-state index in [-0.39, 0.29) is 23.9 Å². The molecule has 1 N–H and O–H groups in total. The maximum atomic E-state index is 12.7. The Morgan fingerprint density at radius 2 is 1.28 bits per heavy atom. The van der Waals surface area contributed by atoms with Crippen LogP contribution >= 0.6 is 0 Å². The van der Waals surface area contributed by atoms with Gasteiger partial charge in [0.25, 0.3) is 0 Å². The van der Waals surface area contributed by atoms with Crippen LogP contribution < -0.4 is 0 Å². The van der Waals surface area contributed by atoms with Crippen molar-refractivity contribution < 1.29 is 19.4 Å². The first kappa shape index (κ1) is 26.0. The minimum atomic E-state index is -0.769. The third kappa shape index (κ3) is 12.3. The maximum Gasteiger partial charge on any atom is 0.309 e. The van der Waals surface area contributed by atoms with Gasteiger partial charge < -0.3 is 9.84 Å². The molecule has 1 aliphatic carbocycles. The summed E-state index contributed by atoms with van der Waals surface area (Å²) in [7, 11) is 0. The van der Waals surface area contributed by atoms with Crippen molar-refractivity contribution in [2.45, 2.75) is 124 Å². The predicted octanol–water partition coefficient (Wildman–Crippen LogP) is 7.00. The van der Waals surface area contributed by atoms with Crippen molar-refractivity contribution >= 4 is 11.9 Å². The zero-order valence-electron chi connectivity index (χ0n) is 19.5. The number of ether oxygens (including phenoxy) is 1. The van der Waals surface area contributed by atoms with Gasteiger partial charge in [-0.15, -0.1) is 0 Å². The van der Waals surface area contributed by atoms with Crippen molar-refractivity contribution in [1.82, 2.24) is 0 Å². The van der Waals surface area contributed by atoms with Crippen LogP contribution in [0.15, 0.2) is 0 Å². The second kappa shape index (κ2) is 14.8. The Morgan fingerprint density at radius 3 is 1.83 bits per heavy atom. The van der Waals surface area contributed by atoms with Gasteiger partial charge in [0.05, 0.1) is 11.8 Å². The van der Waals surface area contributed by atoms with Gasteiger partial charge in [0, 0.05) is 0 Å². The number of unbranched alkanes of at least 4 members (excludes halogenated alkanes) is 4. The molecule has 0 aromatic rings. The molecule has 0 heterocycles. The van der Waals surface area contributed by atoms with E-state index < -0.39 is 5.97 Å². The average Bonchev–Trinajstić information content (AvgIpc) is 2.67. The normalized spacial score (nSPS) is 20.8. The van der Waals surface area contributed by atoms with Crippen molar-refractivity contribution in [3.8, 4) is 0 Å². The Labute approximate surface area is 179 Å². The lowest BCUT2D eigenvalue weighted by atomic mass is 9.81. The number of carbonyl (C=O) groups is 2. The summed E-state index contributed by atoms with van der Waals surface area (Å²) < 4.78 is 5.94. The molecular formula is C25H46O4. The fraction of sp³-hybridized carbons (Fsp3) is 0.920. The summed E-state index contributed by atoms with van der Waals surface area (Å²) in [6.45, 7) is 9.03. The highest BCUT2D eigenvalue weighted by atomic mass is 16.5. The molecule has 1 rings (SSSR count). The molecule has 3 atom stereocenters. The minimum absolute atomic E-state index is 0.00460. The number of esters is 1. The number of rotatable bonds is 15. The van der Waals surface area contributed by atoms with Gasteiger partial charge in [0.2, 0.25) is 0 Å². The second-order valence-electron chi connectivity index (χ2n) is 10.0. The van der Waals surface area contributed by atoms with E-state index in [2.05, 4.69) is 27.7 Å². The fourth-order valence-corrected chi connectivity index (χ4v) is 4.35. The highest BCUT2D eigenvalue weighted by Gasteiger charge is 2.32. The van der Waals surface area contributed by atoms with E-state index in [0.29, 0.717) is 18.8 Å². The number of carbonyl (C=O) groups excluding carboxylic acids is 1. The van der Waals surface area contributed by atoms with Crippen LogP contribution in [0.3, 0.4) is 0 Å². The summed E-state index contributed by atoms with van der Waals surface area (Å²) in [4.78, 5) is 24.0. The van der Waals surface area contributed by atoms with Crippen molar-refractivity contribution in [1.29, 1.82) is 0 Å². The van der Waals surface area contributed by atoms with Crippen LogP contribution in [0.4, 0.5) is 0 Å². The lowest BCUT2D eigenvalue weighted by Crippen LogP contribution is -2.31. The largest absolute Gasteiger partial charge is 0.481 e. The molecule has 4 heteroatoms. The molecule has 0 spiro atoms. The number of hydrogen-bond donors (Lipinski definition) is 1. The molecule has 1 fully saturated rings. The van der Waals surface area contributed by atoms with E-state index in [1.54, 1.807) is 0 Å². The molecule has 0 radical (unpaired) electrons. The zero-order valence-corrected chi connectivity index (χ0v) is 19.5. The van der Waals surface area contributed by atoms with Gasteiger partial charge in [-0.25, -0.2) is 0 Å². The summed E-state index contributed by atoms with van der Waals surface area (Å²) in [5.41, 5.74) is 0. The molecule has 0 saturated heterocycles. The van der Waals surface area contributed by atoms with Gasteiger partial charge in [-0.05, 0) is 56.8 Å². The van der Waals surface area contributed by atoms with E-state index >= 15 is 0 Å². The number of carboxylic acids is 1. The molecule has 4 nitrogen and oxygen atoms in total. The highest BCUT2D eigenvalue weighted by Crippen LogP contribution is 2.31. The molecule has 1 saturated carbocycles. The van der Waals surface area contributed by atoms with Crippen molar-refractivity contribution in [3.63, 3.8) is 0 Å². The molecule has 3 unspecified atom stereocenters. The summed E-state index contributed by atoms with van der Waals surface area (Å²) in [6.07, 6.45) is 14.3. The first-order valence-electron chi connectivity index (χ1n) is 12.2. The number of carboxylic acid groups (broad SMARTS) is 1. The van der Waals surface area contributed by atoms with Crippen LogP contribution in [0.5, 0.6) is 0 Å². The minimum Gasteiger partial charge on any atom is -0.481 e. The van der Waals surface area contributed by atoms with E-state index in [1.165, 1.54) is 38.5 Å². The van der Waals surface area contributed by atoms with E-state index in [0.717, 1.165) is 44.4 Å². The third-order valence-corrected chi connectivity index (χ3v) is 6.25. The van der Waals surface area contributed by atoms with Gasteiger partial charge >= 0.3 is 11.9 Å². The fourth-order valence-electron chi connectivity index (χ4n) is 4.35. The molecule has 1 aliphatic rings. The summed E-state index contributed by atoms with van der Waals surface area (Å²) in [6, 6.07) is 0. The Hall–Kier alpha value is -1.06. The quantitative estimate of drug-likeness (QED) is 0.233. The lowest BCUT2D eigenvalue weighted by molar-refractivity contribution is -0.158. The van der Waals surface area contributed by atoms with Crippen LogP contribution in [0, 0.1) is 23.7 Å². The summed E-state index contributed by atoms with van der Waals surface area (Å²) >= 11 is 0. The molecule has 29 heavy (non-hydrogen) atoms. The van der Waals surface area contributed by atoms with Crippen LogP contribution in [0.25, 0.3) is 0 Å². The predicted molar refractivity (Wildman–Crippen MR) is 119 cm³/mol. The number of aliphatic carboxylic acids is 1. The Kier molecular flexibility index (Phi) is 13.3. The monoisotopic (exact) mass is 410 g/mol. The number of hydrogen-bond acceptors (Lipinski definition) is 3. The van der Waals surface area contributed by atoms with Crippen LogP contribution in [0.1, 0.15) is 118 Å². The van der Waals surface area contributed by atoms with Gasteiger partial charge in [-0.3, -0.25) is 9.59 Å². The first-order valence-corrected chi connectivity index (χ1v) is 12.2. The van der Waals surface area contributed by atoms with Crippen molar-refractivity contribution in [2.75, 3.05) is 0 Å². The SMILES string of the molecule is CC(C)CCCCCCC(CCCCC(C)C)OC(=O)C1CCCC(C(=O)O)C1. The first-order chi connectivity index (χ1) is 13.8. The Bertz CT molecular complexity index is 458. The molecule has 0 bridgehead atoms. The standard InChI is InChI=1S/C25H46O4/c1-19(2)12-7-5-6-8-16-23(17-10-9-13-20(3)4)29-25(28)22-15-11-14-21(18-22)24(26)27/h19-23H,5-18H2,1-4H3,(H,26,27). The molecular weight excluding hydrogens is 364 g/mol. The zero-order chi connectivity index (χ0) is 21.6. The van der Waals surface area contributed by atoms with Crippen LogP contribution in [-0.4, -0.2) is 23.1 Å². The summed E-state index contributed by atoms with van der Waals surface area (Å²) in [5.74, 6) is -0.0403. The van der Waals surface area contributed by atoms with Gasteiger partial charge in [0.15, 0.2) is 0 Å². The van der Waals surface area contributed by atoms with Gasteiger partial charge in [0.1, 0.15) is 6.10 Å². The molecule has 170 valence electrons. The smallest absolute Gasteiger partial charge is 0.309 e. The topological polar surface area (TPSA) is 63.6 Å².